The van der Waals surface area contributed by atoms with Crippen molar-refractivity contribution in [1.82, 2.24) is 10.6 Å². The minimum atomic E-state index is -0.886. The smallest absolute Gasteiger partial charge is 0.407 e. The summed E-state index contributed by atoms with van der Waals surface area (Å²) >= 11 is 0. The van der Waals surface area contributed by atoms with Crippen molar-refractivity contribution >= 4 is 17.9 Å². The molecule has 7 heteroatoms. The number of carbonyl (C=O) groups is 3. The second-order valence-electron chi connectivity index (χ2n) is 8.58. The van der Waals surface area contributed by atoms with Crippen molar-refractivity contribution in [3.8, 4) is 11.1 Å². The first kappa shape index (κ1) is 24.0. The lowest BCUT2D eigenvalue weighted by Gasteiger charge is -2.21. The largest absolute Gasteiger partial charge is 0.449 e. The van der Waals surface area contributed by atoms with Gasteiger partial charge in [0.05, 0.1) is 0 Å². The van der Waals surface area contributed by atoms with Crippen LogP contribution in [0.1, 0.15) is 36.0 Å². The van der Waals surface area contributed by atoms with E-state index < -0.39 is 30.0 Å². The lowest BCUT2D eigenvalue weighted by molar-refractivity contribution is -0.128. The zero-order chi connectivity index (χ0) is 24.8. The number of alkyl carbamates (subject to hydrolysis) is 1. The van der Waals surface area contributed by atoms with Crippen LogP contribution in [0.3, 0.4) is 0 Å². The van der Waals surface area contributed by atoms with Gasteiger partial charge in [0.2, 0.25) is 11.8 Å². The van der Waals surface area contributed by atoms with Crippen LogP contribution in [0.2, 0.25) is 0 Å². The highest BCUT2D eigenvalue weighted by atomic mass is 16.5. The minimum absolute atomic E-state index is 0.0767. The van der Waals surface area contributed by atoms with Crippen molar-refractivity contribution in [2.45, 2.75) is 37.8 Å². The van der Waals surface area contributed by atoms with Gasteiger partial charge in [0.1, 0.15) is 18.7 Å². The van der Waals surface area contributed by atoms with Crippen molar-refractivity contribution < 1.29 is 19.1 Å². The lowest BCUT2D eigenvalue weighted by atomic mass is 9.98. The van der Waals surface area contributed by atoms with E-state index in [1.54, 1.807) is 6.92 Å². The predicted octanol–water partition coefficient (Wildman–Crippen LogP) is 3.52. The first-order valence-electron chi connectivity index (χ1n) is 11.7. The molecule has 4 rings (SSSR count). The summed E-state index contributed by atoms with van der Waals surface area (Å²) in [5.74, 6) is -1.20. The molecule has 0 saturated heterocycles. The number of rotatable bonds is 9. The molecule has 0 heterocycles. The molecule has 1 aliphatic carbocycles. The SMILES string of the molecule is CC[C@H](NC(=O)OCC1c2ccccc2-c2ccccc21)C(=O)N[C@@H](Cc1ccccc1)C(N)=O. The number of nitrogens with one attached hydrogen (secondary N) is 2. The molecule has 0 aromatic heterocycles. The van der Waals surface area contributed by atoms with Crippen molar-refractivity contribution in [2.24, 2.45) is 5.73 Å². The summed E-state index contributed by atoms with van der Waals surface area (Å²) in [6, 6.07) is 23.7. The topological polar surface area (TPSA) is 111 Å². The van der Waals surface area contributed by atoms with Crippen LogP contribution in [-0.4, -0.2) is 36.6 Å². The fourth-order valence-electron chi connectivity index (χ4n) is 4.48. The zero-order valence-electron chi connectivity index (χ0n) is 19.6. The minimum Gasteiger partial charge on any atom is -0.449 e. The Morgan fingerprint density at radius 1 is 0.829 bits per heavy atom. The molecule has 0 fully saturated rings. The van der Waals surface area contributed by atoms with E-state index in [1.165, 1.54) is 0 Å². The van der Waals surface area contributed by atoms with Crippen LogP contribution < -0.4 is 16.4 Å². The molecule has 180 valence electrons. The van der Waals surface area contributed by atoms with Gasteiger partial charge in [0.25, 0.3) is 0 Å². The van der Waals surface area contributed by atoms with E-state index in [1.807, 2.05) is 66.7 Å². The van der Waals surface area contributed by atoms with E-state index >= 15 is 0 Å². The molecule has 0 aliphatic heterocycles. The fourth-order valence-corrected chi connectivity index (χ4v) is 4.48. The number of amides is 3. The van der Waals surface area contributed by atoms with Gasteiger partial charge >= 0.3 is 6.09 Å². The number of ether oxygens (including phenoxy) is 1. The number of carbonyl (C=O) groups excluding carboxylic acids is 3. The molecular weight excluding hydrogens is 442 g/mol. The zero-order valence-corrected chi connectivity index (χ0v) is 19.6. The maximum absolute atomic E-state index is 12.8. The van der Waals surface area contributed by atoms with Crippen LogP contribution in [-0.2, 0) is 20.7 Å². The van der Waals surface area contributed by atoms with Gasteiger partial charge in [-0.25, -0.2) is 4.79 Å². The quantitative estimate of drug-likeness (QED) is 0.443. The summed E-state index contributed by atoms with van der Waals surface area (Å²) in [6.45, 7) is 1.92. The second kappa shape index (κ2) is 10.9. The number of hydrogen-bond acceptors (Lipinski definition) is 4. The highest BCUT2D eigenvalue weighted by Crippen LogP contribution is 2.44. The predicted molar refractivity (Wildman–Crippen MR) is 134 cm³/mol. The van der Waals surface area contributed by atoms with Gasteiger partial charge in [-0.15, -0.1) is 0 Å². The van der Waals surface area contributed by atoms with E-state index in [-0.39, 0.29) is 18.9 Å². The third-order valence-electron chi connectivity index (χ3n) is 6.30. The molecule has 4 N–H and O–H groups in total. The molecule has 3 aromatic rings. The lowest BCUT2D eigenvalue weighted by Crippen LogP contribution is -2.53. The highest BCUT2D eigenvalue weighted by Gasteiger charge is 2.30. The van der Waals surface area contributed by atoms with Crippen LogP contribution in [0.25, 0.3) is 11.1 Å². The van der Waals surface area contributed by atoms with Crippen LogP contribution in [0.5, 0.6) is 0 Å². The van der Waals surface area contributed by atoms with E-state index in [2.05, 4.69) is 22.8 Å². The number of hydrogen-bond donors (Lipinski definition) is 3. The Labute approximate surface area is 204 Å². The van der Waals surface area contributed by atoms with Crippen molar-refractivity contribution in [3.05, 3.63) is 95.6 Å². The maximum atomic E-state index is 12.8. The van der Waals surface area contributed by atoms with Crippen LogP contribution in [0.4, 0.5) is 4.79 Å². The number of benzene rings is 3. The van der Waals surface area contributed by atoms with Crippen molar-refractivity contribution in [1.29, 1.82) is 0 Å². The first-order chi connectivity index (χ1) is 17.0. The molecule has 0 saturated carbocycles. The van der Waals surface area contributed by atoms with E-state index in [0.717, 1.165) is 27.8 Å². The Bertz CT molecular complexity index is 1170. The second-order valence-corrected chi connectivity index (χ2v) is 8.58. The maximum Gasteiger partial charge on any atom is 0.407 e. The van der Waals surface area contributed by atoms with Crippen LogP contribution >= 0.6 is 0 Å². The molecular formula is C28H29N3O4. The summed E-state index contributed by atoms with van der Waals surface area (Å²) in [5, 5.41) is 5.28. The molecule has 7 nitrogen and oxygen atoms in total. The number of primary amides is 1. The van der Waals surface area contributed by atoms with Gasteiger partial charge in [0, 0.05) is 12.3 Å². The molecule has 3 aromatic carbocycles. The Balaban J connectivity index is 1.36. The molecule has 1 aliphatic rings. The third kappa shape index (κ3) is 5.51. The van der Waals surface area contributed by atoms with Crippen molar-refractivity contribution in [2.75, 3.05) is 6.61 Å². The Hall–Kier alpha value is -4.13. The van der Waals surface area contributed by atoms with Gasteiger partial charge in [0.15, 0.2) is 0 Å². The Kier molecular flexibility index (Phi) is 7.45. The Morgan fingerprint density at radius 3 is 1.97 bits per heavy atom. The molecule has 35 heavy (non-hydrogen) atoms. The summed E-state index contributed by atoms with van der Waals surface area (Å²) < 4.78 is 5.55. The monoisotopic (exact) mass is 471 g/mol. The van der Waals surface area contributed by atoms with Crippen molar-refractivity contribution in [3.63, 3.8) is 0 Å². The average Bonchev–Trinajstić information content (AvgIpc) is 3.19. The van der Waals surface area contributed by atoms with Crippen LogP contribution in [0.15, 0.2) is 78.9 Å². The van der Waals surface area contributed by atoms with Gasteiger partial charge in [-0.05, 0) is 34.2 Å². The molecule has 2 atom stereocenters. The summed E-state index contributed by atoms with van der Waals surface area (Å²) in [6.07, 6.45) is -0.0941. The number of nitrogens with two attached hydrogens (primary N) is 1. The van der Waals surface area contributed by atoms with Gasteiger partial charge in [-0.3, -0.25) is 9.59 Å². The molecule has 0 radical (unpaired) electrons. The van der Waals surface area contributed by atoms with E-state index in [4.69, 9.17) is 10.5 Å². The van der Waals surface area contributed by atoms with Gasteiger partial charge in [-0.2, -0.15) is 0 Å². The normalized spacial score (nSPS) is 13.7. The third-order valence-corrected chi connectivity index (χ3v) is 6.30. The standard InChI is InChI=1S/C28H29N3O4/c1-2-24(27(33)30-25(26(29)32)16-18-10-4-3-5-11-18)31-28(34)35-17-23-21-14-8-6-12-19(21)20-13-7-9-15-22(20)23/h3-15,23-25H,2,16-17H2,1H3,(H2,29,32)(H,30,33)(H,31,34)/t24-,25-/m0/s1. The van der Waals surface area contributed by atoms with E-state index in [9.17, 15) is 14.4 Å². The van der Waals surface area contributed by atoms with E-state index in [0.29, 0.717) is 6.42 Å². The van der Waals surface area contributed by atoms with Gasteiger partial charge in [-0.1, -0.05) is 85.8 Å². The van der Waals surface area contributed by atoms with Gasteiger partial charge < -0.3 is 21.1 Å². The van der Waals surface area contributed by atoms with Crippen LogP contribution in [0, 0.1) is 0 Å². The average molecular weight is 472 g/mol. The summed E-state index contributed by atoms with van der Waals surface area (Å²) in [7, 11) is 0. The molecule has 0 spiro atoms. The molecule has 0 bridgehead atoms. The highest BCUT2D eigenvalue weighted by molar-refractivity contribution is 5.91. The molecule has 3 amide bonds. The molecule has 0 unspecified atom stereocenters. The first-order valence-corrected chi connectivity index (χ1v) is 11.7. The summed E-state index contributed by atoms with van der Waals surface area (Å²) in [5.41, 5.74) is 10.9. The number of fused-ring (bicyclic) bond motifs is 3. The Morgan fingerprint density at radius 2 is 1.40 bits per heavy atom. The summed E-state index contributed by atoms with van der Waals surface area (Å²) in [4.78, 5) is 37.3. The fraction of sp³-hybridized carbons (Fsp3) is 0.250.